The SMILES string of the molecule is CC1CCN(C(=O)CCC(CCN)C(C)(C)C)CC1C. The van der Waals surface area contributed by atoms with Gasteiger partial charge in [-0.05, 0) is 49.0 Å². The van der Waals surface area contributed by atoms with Crippen LogP contribution in [0.15, 0.2) is 0 Å². The van der Waals surface area contributed by atoms with E-state index in [1.165, 1.54) is 0 Å². The van der Waals surface area contributed by atoms with Gasteiger partial charge in [-0.2, -0.15) is 0 Å². The van der Waals surface area contributed by atoms with Crippen LogP contribution in [-0.4, -0.2) is 30.4 Å². The second-order valence-electron chi connectivity index (χ2n) is 7.76. The molecule has 20 heavy (non-hydrogen) atoms. The Morgan fingerprint density at radius 3 is 2.40 bits per heavy atom. The van der Waals surface area contributed by atoms with E-state index in [9.17, 15) is 4.79 Å². The summed E-state index contributed by atoms with van der Waals surface area (Å²) in [5.41, 5.74) is 5.95. The van der Waals surface area contributed by atoms with E-state index < -0.39 is 0 Å². The standard InChI is InChI=1S/C17H34N2O/c1-13-9-11-19(12-14(13)2)16(20)7-6-15(8-10-18)17(3,4)5/h13-15H,6-12,18H2,1-5H3. The van der Waals surface area contributed by atoms with Crippen LogP contribution in [0.3, 0.4) is 0 Å². The van der Waals surface area contributed by atoms with Crippen LogP contribution in [0.5, 0.6) is 0 Å². The molecule has 2 N–H and O–H groups in total. The maximum Gasteiger partial charge on any atom is 0.222 e. The zero-order valence-electron chi connectivity index (χ0n) is 14.1. The molecule has 1 rings (SSSR count). The smallest absolute Gasteiger partial charge is 0.222 e. The Bertz CT molecular complexity index is 309. The summed E-state index contributed by atoms with van der Waals surface area (Å²) in [6, 6.07) is 0. The fourth-order valence-corrected chi connectivity index (χ4v) is 3.16. The number of carbonyl (C=O) groups is 1. The van der Waals surface area contributed by atoms with Crippen molar-refractivity contribution in [3.8, 4) is 0 Å². The number of carbonyl (C=O) groups excluding carboxylic acids is 1. The monoisotopic (exact) mass is 282 g/mol. The molecule has 1 aliphatic heterocycles. The van der Waals surface area contributed by atoms with Crippen LogP contribution >= 0.6 is 0 Å². The Morgan fingerprint density at radius 2 is 1.90 bits per heavy atom. The normalized spacial score (nSPS) is 25.6. The number of likely N-dealkylation sites (tertiary alicyclic amines) is 1. The number of hydrogen-bond donors (Lipinski definition) is 1. The molecule has 0 spiro atoms. The first-order valence-electron chi connectivity index (χ1n) is 8.23. The quantitative estimate of drug-likeness (QED) is 0.841. The van der Waals surface area contributed by atoms with Crippen molar-refractivity contribution in [2.45, 2.75) is 60.3 Å². The third-order valence-corrected chi connectivity index (χ3v) is 5.13. The molecule has 0 aliphatic carbocycles. The summed E-state index contributed by atoms with van der Waals surface area (Å²) < 4.78 is 0. The third-order valence-electron chi connectivity index (χ3n) is 5.13. The molecule has 3 atom stereocenters. The molecule has 1 aliphatic rings. The molecule has 1 heterocycles. The Kier molecular flexibility index (Phi) is 6.50. The highest BCUT2D eigenvalue weighted by Crippen LogP contribution is 2.32. The van der Waals surface area contributed by atoms with Crippen LogP contribution in [0.1, 0.15) is 60.3 Å². The molecule has 3 unspecified atom stereocenters. The highest BCUT2D eigenvalue weighted by molar-refractivity contribution is 5.76. The van der Waals surface area contributed by atoms with Gasteiger partial charge in [-0.3, -0.25) is 4.79 Å². The number of nitrogens with zero attached hydrogens (tertiary/aromatic N) is 1. The predicted octanol–water partition coefficient (Wildman–Crippen LogP) is 3.28. The summed E-state index contributed by atoms with van der Waals surface area (Å²) in [4.78, 5) is 14.5. The minimum Gasteiger partial charge on any atom is -0.342 e. The van der Waals surface area contributed by atoms with E-state index in [1.54, 1.807) is 0 Å². The molecule has 0 saturated carbocycles. The van der Waals surface area contributed by atoms with E-state index in [0.717, 1.165) is 38.3 Å². The molecule has 0 bridgehead atoms. The molecule has 0 aromatic heterocycles. The highest BCUT2D eigenvalue weighted by atomic mass is 16.2. The molecule has 0 aromatic carbocycles. The maximum atomic E-state index is 12.4. The van der Waals surface area contributed by atoms with Crippen LogP contribution in [0.4, 0.5) is 0 Å². The molecule has 1 fully saturated rings. The van der Waals surface area contributed by atoms with E-state index in [2.05, 4.69) is 39.5 Å². The fraction of sp³-hybridized carbons (Fsp3) is 0.941. The van der Waals surface area contributed by atoms with Gasteiger partial charge in [-0.1, -0.05) is 34.6 Å². The Hall–Kier alpha value is -0.570. The van der Waals surface area contributed by atoms with E-state index >= 15 is 0 Å². The second kappa shape index (κ2) is 7.44. The van der Waals surface area contributed by atoms with Gasteiger partial charge in [0.15, 0.2) is 0 Å². The summed E-state index contributed by atoms with van der Waals surface area (Å²) in [6.45, 7) is 13.9. The Morgan fingerprint density at radius 1 is 1.25 bits per heavy atom. The first kappa shape index (κ1) is 17.5. The van der Waals surface area contributed by atoms with E-state index in [4.69, 9.17) is 5.73 Å². The van der Waals surface area contributed by atoms with Gasteiger partial charge in [0.05, 0.1) is 0 Å². The molecule has 3 heteroatoms. The van der Waals surface area contributed by atoms with E-state index in [-0.39, 0.29) is 5.41 Å². The van der Waals surface area contributed by atoms with Crippen LogP contribution in [0, 0.1) is 23.2 Å². The van der Waals surface area contributed by atoms with Crippen LogP contribution in [0.2, 0.25) is 0 Å². The van der Waals surface area contributed by atoms with Gasteiger partial charge in [0, 0.05) is 19.5 Å². The van der Waals surface area contributed by atoms with Crippen molar-refractivity contribution in [2.24, 2.45) is 28.9 Å². The van der Waals surface area contributed by atoms with Gasteiger partial charge >= 0.3 is 0 Å². The van der Waals surface area contributed by atoms with Crippen LogP contribution < -0.4 is 5.73 Å². The average Bonchev–Trinajstić information content (AvgIpc) is 2.36. The van der Waals surface area contributed by atoms with Crippen LogP contribution in [0.25, 0.3) is 0 Å². The van der Waals surface area contributed by atoms with Crippen molar-refractivity contribution in [1.82, 2.24) is 4.90 Å². The summed E-state index contributed by atoms with van der Waals surface area (Å²) in [5, 5.41) is 0. The van der Waals surface area contributed by atoms with Gasteiger partial charge in [-0.15, -0.1) is 0 Å². The lowest BCUT2D eigenvalue weighted by atomic mass is 9.76. The van der Waals surface area contributed by atoms with Gasteiger partial charge in [0.2, 0.25) is 5.91 Å². The van der Waals surface area contributed by atoms with Crippen molar-refractivity contribution in [1.29, 1.82) is 0 Å². The predicted molar refractivity (Wildman–Crippen MR) is 85.4 cm³/mol. The van der Waals surface area contributed by atoms with Gasteiger partial charge in [-0.25, -0.2) is 0 Å². The Labute approximate surface area is 125 Å². The van der Waals surface area contributed by atoms with Gasteiger partial charge in [0.1, 0.15) is 0 Å². The van der Waals surface area contributed by atoms with Gasteiger partial charge < -0.3 is 10.6 Å². The topological polar surface area (TPSA) is 46.3 Å². The fourth-order valence-electron chi connectivity index (χ4n) is 3.16. The van der Waals surface area contributed by atoms with Crippen molar-refractivity contribution in [3.63, 3.8) is 0 Å². The van der Waals surface area contributed by atoms with E-state index in [1.807, 2.05) is 0 Å². The molecule has 118 valence electrons. The summed E-state index contributed by atoms with van der Waals surface area (Å²) in [7, 11) is 0. The minimum absolute atomic E-state index is 0.239. The van der Waals surface area contributed by atoms with Crippen LogP contribution in [-0.2, 0) is 4.79 Å². The molecular weight excluding hydrogens is 248 g/mol. The highest BCUT2D eigenvalue weighted by Gasteiger charge is 2.28. The average molecular weight is 282 g/mol. The summed E-state index contributed by atoms with van der Waals surface area (Å²) in [6.07, 6.45) is 3.83. The molecule has 0 aromatic rings. The number of amides is 1. The first-order chi connectivity index (χ1) is 9.25. The minimum atomic E-state index is 0.239. The van der Waals surface area contributed by atoms with Crippen molar-refractivity contribution >= 4 is 5.91 Å². The van der Waals surface area contributed by atoms with Gasteiger partial charge in [0.25, 0.3) is 0 Å². The molecular formula is C17H34N2O. The number of piperidine rings is 1. The first-order valence-corrected chi connectivity index (χ1v) is 8.23. The van der Waals surface area contributed by atoms with Crippen molar-refractivity contribution in [2.75, 3.05) is 19.6 Å². The maximum absolute atomic E-state index is 12.4. The Balaban J connectivity index is 2.45. The number of hydrogen-bond acceptors (Lipinski definition) is 2. The lowest BCUT2D eigenvalue weighted by molar-refractivity contribution is -0.134. The number of nitrogens with two attached hydrogens (primary N) is 1. The third kappa shape index (κ3) is 5.08. The van der Waals surface area contributed by atoms with E-state index in [0.29, 0.717) is 30.7 Å². The zero-order chi connectivity index (χ0) is 15.3. The molecule has 1 saturated heterocycles. The van der Waals surface area contributed by atoms with Crippen molar-refractivity contribution < 1.29 is 4.79 Å². The number of rotatable bonds is 5. The van der Waals surface area contributed by atoms with Crippen molar-refractivity contribution in [3.05, 3.63) is 0 Å². The lowest BCUT2D eigenvalue weighted by Crippen LogP contribution is -2.42. The summed E-state index contributed by atoms with van der Waals surface area (Å²) >= 11 is 0. The molecule has 0 radical (unpaired) electrons. The summed E-state index contributed by atoms with van der Waals surface area (Å²) in [5.74, 6) is 2.27. The lowest BCUT2D eigenvalue weighted by Gasteiger charge is -2.36. The largest absolute Gasteiger partial charge is 0.342 e. The second-order valence-corrected chi connectivity index (χ2v) is 7.76. The molecule has 3 nitrogen and oxygen atoms in total. The zero-order valence-corrected chi connectivity index (χ0v) is 14.1. The molecule has 1 amide bonds.